The van der Waals surface area contributed by atoms with Gasteiger partial charge in [0.05, 0.1) is 26.9 Å². The van der Waals surface area contributed by atoms with Gasteiger partial charge in [-0.3, -0.25) is 4.79 Å². The van der Waals surface area contributed by atoms with Crippen LogP contribution in [0.2, 0.25) is 0 Å². The van der Waals surface area contributed by atoms with Crippen molar-refractivity contribution < 1.29 is 19.0 Å². The highest BCUT2D eigenvalue weighted by atomic mass is 32.1. The van der Waals surface area contributed by atoms with Crippen LogP contribution >= 0.6 is 11.3 Å². The molecule has 0 aliphatic rings. The van der Waals surface area contributed by atoms with E-state index < -0.39 is 0 Å². The summed E-state index contributed by atoms with van der Waals surface area (Å²) in [4.78, 5) is 18.0. The highest BCUT2D eigenvalue weighted by Crippen LogP contribution is 2.34. The van der Waals surface area contributed by atoms with Crippen LogP contribution < -0.4 is 19.0 Å². The smallest absolute Gasteiger partial charge is 0.283 e. The Morgan fingerprint density at radius 3 is 2.17 bits per heavy atom. The van der Waals surface area contributed by atoms with Crippen LogP contribution in [0.15, 0.2) is 53.5 Å². The maximum atomic E-state index is 13.1. The number of hydrogen-bond donors (Lipinski definition) is 0. The van der Waals surface area contributed by atoms with Gasteiger partial charge in [0.2, 0.25) is 0 Å². The monoisotopic (exact) mass is 408 g/mol. The van der Waals surface area contributed by atoms with E-state index in [0.717, 1.165) is 21.0 Å². The summed E-state index contributed by atoms with van der Waals surface area (Å²) in [6.45, 7) is 0. The fourth-order valence-electron chi connectivity index (χ4n) is 3.33. The van der Waals surface area contributed by atoms with Crippen LogP contribution in [0.1, 0.15) is 10.4 Å². The first-order valence-electron chi connectivity index (χ1n) is 8.93. The summed E-state index contributed by atoms with van der Waals surface area (Å²) in [6, 6.07) is 15.2. The molecule has 4 aromatic rings. The third-order valence-corrected chi connectivity index (χ3v) is 5.96. The number of aromatic nitrogens is 1. The maximum absolute atomic E-state index is 13.1. The van der Waals surface area contributed by atoms with E-state index in [9.17, 15) is 4.79 Å². The first-order valence-corrected chi connectivity index (χ1v) is 9.75. The van der Waals surface area contributed by atoms with E-state index in [4.69, 9.17) is 14.2 Å². The quantitative estimate of drug-likeness (QED) is 0.509. The molecule has 0 radical (unpaired) electrons. The summed E-state index contributed by atoms with van der Waals surface area (Å²) in [5, 5.41) is 1.96. The summed E-state index contributed by atoms with van der Waals surface area (Å²) in [5.74, 6) is 1.53. The fourth-order valence-corrected chi connectivity index (χ4v) is 4.46. The van der Waals surface area contributed by atoms with Crippen molar-refractivity contribution >= 4 is 38.2 Å². The number of ether oxygens (including phenoxy) is 3. The molecule has 0 aliphatic heterocycles. The van der Waals surface area contributed by atoms with Gasteiger partial charge in [0.25, 0.3) is 5.91 Å². The molecular formula is C22H20N2O4S. The van der Waals surface area contributed by atoms with E-state index in [2.05, 4.69) is 4.99 Å². The van der Waals surface area contributed by atoms with Gasteiger partial charge in [0, 0.05) is 7.05 Å². The Bertz CT molecular complexity index is 1300. The van der Waals surface area contributed by atoms with Crippen LogP contribution in [0.4, 0.5) is 0 Å². The Hall–Kier alpha value is -3.32. The lowest BCUT2D eigenvalue weighted by Gasteiger charge is -2.08. The topological polar surface area (TPSA) is 62.1 Å². The van der Waals surface area contributed by atoms with Crippen molar-refractivity contribution in [2.45, 2.75) is 0 Å². The second kappa shape index (κ2) is 7.60. The number of fused-ring (bicyclic) bond motifs is 2. The van der Waals surface area contributed by atoms with Gasteiger partial charge >= 0.3 is 0 Å². The van der Waals surface area contributed by atoms with Crippen molar-refractivity contribution in [3.05, 3.63) is 58.9 Å². The van der Waals surface area contributed by atoms with Gasteiger partial charge in [-0.1, -0.05) is 35.6 Å². The molecule has 3 aromatic carbocycles. The zero-order valence-corrected chi connectivity index (χ0v) is 17.4. The largest absolute Gasteiger partial charge is 0.496 e. The van der Waals surface area contributed by atoms with E-state index >= 15 is 0 Å². The molecule has 0 N–H and O–H groups in total. The molecule has 0 atom stereocenters. The van der Waals surface area contributed by atoms with E-state index in [1.54, 1.807) is 21.3 Å². The Balaban J connectivity index is 1.91. The Morgan fingerprint density at radius 2 is 1.52 bits per heavy atom. The minimum absolute atomic E-state index is 0.368. The molecule has 0 fully saturated rings. The first kappa shape index (κ1) is 19.0. The minimum atomic E-state index is -0.368. The van der Waals surface area contributed by atoms with E-state index in [-0.39, 0.29) is 5.91 Å². The number of carbonyl (C=O) groups excluding carboxylic acids is 1. The number of methoxy groups -OCH3 is 3. The first-order chi connectivity index (χ1) is 14.1. The molecule has 0 saturated heterocycles. The molecule has 1 heterocycles. The summed E-state index contributed by atoms with van der Waals surface area (Å²) in [5.41, 5.74) is 1.25. The number of nitrogens with zero attached hydrogens (tertiary/aromatic N) is 2. The molecule has 0 saturated carbocycles. The second-order valence-electron chi connectivity index (χ2n) is 6.41. The van der Waals surface area contributed by atoms with Gasteiger partial charge in [0.15, 0.2) is 4.80 Å². The summed E-state index contributed by atoms with van der Waals surface area (Å²) in [6.07, 6.45) is 0. The number of amides is 1. The number of carbonyl (C=O) groups is 1. The molecule has 1 amide bonds. The third-order valence-electron chi connectivity index (χ3n) is 4.81. The molecule has 6 nitrogen and oxygen atoms in total. The molecule has 0 unspecified atom stereocenters. The van der Waals surface area contributed by atoms with Crippen molar-refractivity contribution in [1.82, 2.24) is 4.57 Å². The second-order valence-corrected chi connectivity index (χ2v) is 7.39. The average molecular weight is 408 g/mol. The van der Waals surface area contributed by atoms with E-state index in [1.165, 1.54) is 11.3 Å². The standard InChI is InChI=1S/C22H20N2O4S/c1-24-19-16(26-2)9-10-17(27-3)20(19)29-22(24)23-21(25)15-11-13-7-5-6-8-14(13)12-18(15)28-4/h5-12H,1-4H3. The lowest BCUT2D eigenvalue weighted by molar-refractivity contribution is 0.0995. The predicted molar refractivity (Wildman–Crippen MR) is 114 cm³/mol. The Kier molecular flexibility index (Phi) is 4.98. The molecule has 0 aliphatic carbocycles. The molecular weight excluding hydrogens is 388 g/mol. The highest BCUT2D eigenvalue weighted by molar-refractivity contribution is 7.16. The number of benzene rings is 3. The lowest BCUT2D eigenvalue weighted by atomic mass is 10.1. The zero-order valence-electron chi connectivity index (χ0n) is 16.6. The van der Waals surface area contributed by atoms with Gasteiger partial charge in [-0.15, -0.1) is 0 Å². The van der Waals surface area contributed by atoms with Crippen LogP contribution in [0.25, 0.3) is 21.0 Å². The summed E-state index contributed by atoms with van der Waals surface area (Å²) < 4.78 is 19.1. The number of aryl methyl sites for hydroxylation is 1. The van der Waals surface area contributed by atoms with E-state index in [1.807, 2.05) is 60.1 Å². The van der Waals surface area contributed by atoms with Crippen molar-refractivity contribution in [3.63, 3.8) is 0 Å². The Morgan fingerprint density at radius 1 is 0.897 bits per heavy atom. The van der Waals surface area contributed by atoms with Gasteiger partial charge < -0.3 is 18.8 Å². The van der Waals surface area contributed by atoms with Gasteiger partial charge in [-0.2, -0.15) is 4.99 Å². The van der Waals surface area contributed by atoms with Crippen molar-refractivity contribution in [2.24, 2.45) is 12.0 Å². The third kappa shape index (κ3) is 3.23. The molecule has 7 heteroatoms. The van der Waals surface area contributed by atoms with Gasteiger partial charge in [0.1, 0.15) is 27.5 Å². The van der Waals surface area contributed by atoms with Crippen LogP contribution in [0, 0.1) is 0 Å². The van der Waals surface area contributed by atoms with Crippen LogP contribution in [0.5, 0.6) is 17.2 Å². The molecule has 0 bridgehead atoms. The van der Waals surface area contributed by atoms with Crippen molar-refractivity contribution in [2.75, 3.05) is 21.3 Å². The number of hydrogen-bond acceptors (Lipinski definition) is 5. The molecule has 148 valence electrons. The van der Waals surface area contributed by atoms with E-state index in [0.29, 0.717) is 27.6 Å². The van der Waals surface area contributed by atoms with Gasteiger partial charge in [-0.25, -0.2) is 0 Å². The zero-order chi connectivity index (χ0) is 20.5. The molecule has 1 aromatic heterocycles. The maximum Gasteiger partial charge on any atom is 0.283 e. The predicted octanol–water partition coefficient (Wildman–Crippen LogP) is 4.16. The molecule has 29 heavy (non-hydrogen) atoms. The SMILES string of the molecule is COc1cc2ccccc2cc1C(=O)N=c1sc2c(OC)ccc(OC)c2n1C. The normalized spacial score (nSPS) is 11.8. The number of thiazole rings is 1. The summed E-state index contributed by atoms with van der Waals surface area (Å²) >= 11 is 1.37. The highest BCUT2D eigenvalue weighted by Gasteiger charge is 2.17. The number of rotatable bonds is 4. The summed E-state index contributed by atoms with van der Waals surface area (Å²) in [7, 11) is 6.63. The Labute approximate surface area is 171 Å². The fraction of sp³-hybridized carbons (Fsp3) is 0.182. The van der Waals surface area contributed by atoms with Crippen molar-refractivity contribution in [1.29, 1.82) is 0 Å². The molecule has 0 spiro atoms. The average Bonchev–Trinajstić information content (AvgIpc) is 3.08. The molecule has 4 rings (SSSR count). The van der Waals surface area contributed by atoms with Gasteiger partial charge in [-0.05, 0) is 35.0 Å². The van der Waals surface area contributed by atoms with Crippen molar-refractivity contribution in [3.8, 4) is 17.2 Å². The van der Waals surface area contributed by atoms with Crippen LogP contribution in [-0.2, 0) is 7.05 Å². The van der Waals surface area contributed by atoms with Crippen LogP contribution in [-0.4, -0.2) is 31.8 Å². The van der Waals surface area contributed by atoms with Crippen LogP contribution in [0.3, 0.4) is 0 Å². The lowest BCUT2D eigenvalue weighted by Crippen LogP contribution is -2.14. The minimum Gasteiger partial charge on any atom is -0.496 e.